The van der Waals surface area contributed by atoms with Crippen LogP contribution in [0.2, 0.25) is 0 Å². The van der Waals surface area contributed by atoms with Crippen LogP contribution in [0.1, 0.15) is 98.3 Å². The molecule has 0 amide bonds. The van der Waals surface area contributed by atoms with Gasteiger partial charge >= 0.3 is 0 Å². The maximum absolute atomic E-state index is 11.3. The summed E-state index contributed by atoms with van der Waals surface area (Å²) in [6.45, 7) is 9.35. The number of ketones is 1. The molecule has 1 N–H and O–H groups in total. The zero-order valence-corrected chi connectivity index (χ0v) is 18.7. The second kappa shape index (κ2) is 7.56. The molecule has 2 nitrogen and oxygen atoms in total. The Bertz CT molecular complexity index is 636. The minimum atomic E-state index is -0.101. The second-order valence-electron chi connectivity index (χ2n) is 11.5. The van der Waals surface area contributed by atoms with Crippen molar-refractivity contribution in [2.75, 3.05) is 0 Å². The summed E-state index contributed by atoms with van der Waals surface area (Å²) in [5, 5.41) is 10.2. The molecular weight excluding hydrogens is 344 g/mol. The molecule has 4 rings (SSSR count). The molecule has 0 heterocycles. The first kappa shape index (κ1) is 20.6. The Hall–Kier alpha value is -0.630. The number of carbonyl (C=O) groups is 1. The van der Waals surface area contributed by atoms with Crippen LogP contribution < -0.4 is 0 Å². The molecule has 4 aliphatic carbocycles. The van der Waals surface area contributed by atoms with Crippen LogP contribution in [-0.2, 0) is 4.79 Å². The number of hydrogen-bond acceptors (Lipinski definition) is 2. The fourth-order valence-electron chi connectivity index (χ4n) is 8.49. The zero-order chi connectivity index (χ0) is 20.1. The second-order valence-corrected chi connectivity index (χ2v) is 11.5. The molecule has 0 radical (unpaired) electrons. The molecule has 4 aliphatic rings. The highest BCUT2D eigenvalue weighted by atomic mass is 16.3. The molecule has 158 valence electrons. The van der Waals surface area contributed by atoms with Gasteiger partial charge in [-0.2, -0.15) is 0 Å². The maximum atomic E-state index is 11.3. The Morgan fingerprint density at radius 2 is 1.96 bits per heavy atom. The molecule has 0 unspecified atom stereocenters. The average Bonchev–Trinajstić information content (AvgIpc) is 2.99. The molecule has 0 spiro atoms. The third-order valence-corrected chi connectivity index (χ3v) is 10.0. The number of Topliss-reactive ketones (excluding diaryl/α,β-unsaturated/α-hetero) is 1. The lowest BCUT2D eigenvalue weighted by molar-refractivity contribution is -0.117. The van der Waals surface area contributed by atoms with Crippen molar-refractivity contribution < 1.29 is 9.90 Å². The summed E-state index contributed by atoms with van der Waals surface area (Å²) < 4.78 is 0. The third-order valence-electron chi connectivity index (χ3n) is 10.0. The van der Waals surface area contributed by atoms with Gasteiger partial charge in [-0.15, -0.1) is 0 Å². The molecule has 28 heavy (non-hydrogen) atoms. The Morgan fingerprint density at radius 1 is 1.18 bits per heavy atom. The van der Waals surface area contributed by atoms with Gasteiger partial charge in [0.25, 0.3) is 0 Å². The van der Waals surface area contributed by atoms with Crippen molar-refractivity contribution >= 4 is 5.78 Å². The van der Waals surface area contributed by atoms with Gasteiger partial charge in [0.1, 0.15) is 5.78 Å². The van der Waals surface area contributed by atoms with E-state index in [1.54, 1.807) is 12.5 Å². The Labute approximate surface area is 172 Å². The molecule has 3 fully saturated rings. The van der Waals surface area contributed by atoms with Crippen LogP contribution in [-0.4, -0.2) is 17.0 Å². The Balaban J connectivity index is 1.50. The monoisotopic (exact) mass is 386 g/mol. The van der Waals surface area contributed by atoms with Crippen LogP contribution >= 0.6 is 0 Å². The van der Waals surface area contributed by atoms with Crippen LogP contribution in [0.5, 0.6) is 0 Å². The summed E-state index contributed by atoms with van der Waals surface area (Å²) in [5.41, 5.74) is 2.45. The van der Waals surface area contributed by atoms with Gasteiger partial charge in [-0.1, -0.05) is 38.8 Å². The van der Waals surface area contributed by atoms with Crippen molar-refractivity contribution in [2.24, 2.45) is 40.4 Å². The highest BCUT2D eigenvalue weighted by molar-refractivity contribution is 5.75. The van der Waals surface area contributed by atoms with Gasteiger partial charge < -0.3 is 9.90 Å². The van der Waals surface area contributed by atoms with E-state index in [1.807, 2.05) is 0 Å². The van der Waals surface area contributed by atoms with E-state index in [0.29, 0.717) is 16.6 Å². The van der Waals surface area contributed by atoms with Gasteiger partial charge in [0, 0.05) is 6.42 Å². The van der Waals surface area contributed by atoms with Crippen LogP contribution in [0.15, 0.2) is 11.6 Å². The van der Waals surface area contributed by atoms with E-state index >= 15 is 0 Å². The summed E-state index contributed by atoms with van der Waals surface area (Å²) in [5.74, 6) is 4.52. The topological polar surface area (TPSA) is 37.3 Å². The molecule has 0 aromatic heterocycles. The average molecular weight is 387 g/mol. The SMILES string of the molecule is CC(=O)CCC[C@@H](C)[C@@H]1CC[C@H]2[C@H]3CC=C4C[C@@H](O)CC[C@]4(C)[C@@H]3CC[C@@]21C. The molecule has 0 saturated heterocycles. The van der Waals surface area contributed by atoms with Crippen molar-refractivity contribution in [2.45, 2.75) is 104 Å². The van der Waals surface area contributed by atoms with Gasteiger partial charge in [0.15, 0.2) is 0 Å². The normalized spacial score (nSPS) is 46.2. The first-order valence-corrected chi connectivity index (χ1v) is 12.1. The molecule has 0 aromatic carbocycles. The highest BCUT2D eigenvalue weighted by Crippen LogP contribution is 2.67. The summed E-state index contributed by atoms with van der Waals surface area (Å²) in [6, 6.07) is 0. The highest BCUT2D eigenvalue weighted by Gasteiger charge is 2.59. The summed E-state index contributed by atoms with van der Waals surface area (Å²) >= 11 is 0. The van der Waals surface area contributed by atoms with Crippen LogP contribution in [0.25, 0.3) is 0 Å². The third kappa shape index (κ3) is 3.32. The van der Waals surface area contributed by atoms with Crippen LogP contribution in [0.4, 0.5) is 0 Å². The first-order chi connectivity index (χ1) is 13.3. The standard InChI is InChI=1S/C26H42O2/c1-17(6-5-7-18(2)27)22-10-11-23-21-9-8-19-16-20(28)12-14-25(19,3)24(21)13-15-26(22,23)4/h8,17,20-24,28H,5-7,9-16H2,1-4H3/t17-,20+,21-,22+,23+,24-,25+,26-/m1/s1. The number of aliphatic hydroxyl groups excluding tert-OH is 1. The predicted octanol–water partition coefficient (Wildman–Crippen LogP) is 6.32. The molecule has 8 atom stereocenters. The largest absolute Gasteiger partial charge is 0.393 e. The number of carbonyl (C=O) groups excluding carboxylic acids is 1. The van der Waals surface area contributed by atoms with E-state index in [4.69, 9.17) is 0 Å². The lowest BCUT2D eigenvalue weighted by Gasteiger charge is -2.58. The fraction of sp³-hybridized carbons (Fsp3) is 0.885. The minimum absolute atomic E-state index is 0.101. The van der Waals surface area contributed by atoms with E-state index in [9.17, 15) is 9.90 Å². The van der Waals surface area contributed by atoms with Gasteiger partial charge in [-0.25, -0.2) is 0 Å². The van der Waals surface area contributed by atoms with E-state index in [-0.39, 0.29) is 6.10 Å². The van der Waals surface area contributed by atoms with E-state index in [0.717, 1.165) is 55.3 Å². The number of fused-ring (bicyclic) bond motifs is 5. The molecule has 0 bridgehead atoms. The summed E-state index contributed by atoms with van der Waals surface area (Å²) in [4.78, 5) is 11.3. The van der Waals surface area contributed by atoms with Crippen LogP contribution in [0.3, 0.4) is 0 Å². The molecular formula is C26H42O2. The van der Waals surface area contributed by atoms with Gasteiger partial charge in [-0.3, -0.25) is 0 Å². The fourth-order valence-corrected chi connectivity index (χ4v) is 8.49. The number of rotatable bonds is 5. The van der Waals surface area contributed by atoms with Gasteiger partial charge in [0.05, 0.1) is 6.10 Å². The van der Waals surface area contributed by atoms with E-state index in [1.165, 1.54) is 44.9 Å². The lowest BCUT2D eigenvalue weighted by atomic mass is 9.47. The smallest absolute Gasteiger partial charge is 0.129 e. The lowest BCUT2D eigenvalue weighted by Crippen LogP contribution is -2.50. The molecule has 0 aliphatic heterocycles. The summed E-state index contributed by atoms with van der Waals surface area (Å²) in [7, 11) is 0. The quantitative estimate of drug-likeness (QED) is 0.561. The zero-order valence-electron chi connectivity index (χ0n) is 18.7. The van der Waals surface area contributed by atoms with E-state index < -0.39 is 0 Å². The van der Waals surface area contributed by atoms with Crippen LogP contribution in [0, 0.1) is 40.4 Å². The Morgan fingerprint density at radius 3 is 2.71 bits per heavy atom. The van der Waals surface area contributed by atoms with E-state index in [2.05, 4.69) is 26.8 Å². The number of hydrogen-bond donors (Lipinski definition) is 1. The maximum Gasteiger partial charge on any atom is 0.129 e. The summed E-state index contributed by atoms with van der Waals surface area (Å²) in [6.07, 6.45) is 15.5. The van der Waals surface area contributed by atoms with Crippen molar-refractivity contribution in [3.8, 4) is 0 Å². The first-order valence-electron chi connectivity index (χ1n) is 12.1. The van der Waals surface area contributed by atoms with Gasteiger partial charge in [-0.05, 0) is 105 Å². The number of aliphatic hydroxyl groups is 1. The Kier molecular flexibility index (Phi) is 5.57. The molecule has 2 heteroatoms. The minimum Gasteiger partial charge on any atom is -0.393 e. The molecule has 0 aromatic rings. The predicted molar refractivity (Wildman–Crippen MR) is 115 cm³/mol. The van der Waals surface area contributed by atoms with Crippen molar-refractivity contribution in [3.05, 3.63) is 11.6 Å². The van der Waals surface area contributed by atoms with Crippen molar-refractivity contribution in [1.29, 1.82) is 0 Å². The van der Waals surface area contributed by atoms with Crippen molar-refractivity contribution in [3.63, 3.8) is 0 Å². The number of allylic oxidation sites excluding steroid dienone is 1. The van der Waals surface area contributed by atoms with Crippen molar-refractivity contribution in [1.82, 2.24) is 0 Å². The molecule has 3 saturated carbocycles. The van der Waals surface area contributed by atoms with Gasteiger partial charge in [0.2, 0.25) is 0 Å².